The van der Waals surface area contributed by atoms with Crippen molar-refractivity contribution < 1.29 is 9.59 Å². The standard InChI is InChI=1S/C13H11ClN2O2S/c1-7-4-3-5-9(11(7)14)12(18)16-13-15-10(6-19-13)8(2)17/h3-6H,1-2H3,(H,15,16,18). The molecular weight excluding hydrogens is 284 g/mol. The summed E-state index contributed by atoms with van der Waals surface area (Å²) in [5, 5.41) is 5.04. The molecule has 1 amide bonds. The van der Waals surface area contributed by atoms with Gasteiger partial charge in [-0.2, -0.15) is 0 Å². The molecule has 98 valence electrons. The first-order valence-electron chi connectivity index (χ1n) is 5.52. The van der Waals surface area contributed by atoms with Crippen LogP contribution in [0.25, 0.3) is 0 Å². The Morgan fingerprint density at radius 1 is 1.37 bits per heavy atom. The highest BCUT2D eigenvalue weighted by molar-refractivity contribution is 7.14. The van der Waals surface area contributed by atoms with E-state index in [1.165, 1.54) is 18.3 Å². The Hall–Kier alpha value is -1.72. The van der Waals surface area contributed by atoms with Gasteiger partial charge in [-0.25, -0.2) is 4.98 Å². The minimum Gasteiger partial charge on any atom is -0.298 e. The molecule has 2 aromatic rings. The van der Waals surface area contributed by atoms with Crippen molar-refractivity contribution in [2.45, 2.75) is 13.8 Å². The Morgan fingerprint density at radius 3 is 2.74 bits per heavy atom. The fourth-order valence-corrected chi connectivity index (χ4v) is 2.44. The predicted molar refractivity (Wildman–Crippen MR) is 76.3 cm³/mol. The Balaban J connectivity index is 2.21. The smallest absolute Gasteiger partial charge is 0.258 e. The summed E-state index contributed by atoms with van der Waals surface area (Å²) < 4.78 is 0. The average Bonchev–Trinajstić information content (AvgIpc) is 2.81. The molecule has 0 unspecified atom stereocenters. The maximum absolute atomic E-state index is 12.1. The SMILES string of the molecule is CC(=O)c1csc(NC(=O)c2cccc(C)c2Cl)n1. The van der Waals surface area contributed by atoms with Gasteiger partial charge in [0, 0.05) is 12.3 Å². The molecule has 1 heterocycles. The number of aromatic nitrogens is 1. The van der Waals surface area contributed by atoms with Crippen molar-refractivity contribution in [3.05, 3.63) is 45.4 Å². The molecule has 1 aromatic heterocycles. The van der Waals surface area contributed by atoms with Gasteiger partial charge in [-0.15, -0.1) is 11.3 Å². The first-order valence-corrected chi connectivity index (χ1v) is 6.77. The van der Waals surface area contributed by atoms with Crippen molar-refractivity contribution in [3.8, 4) is 0 Å². The molecule has 0 radical (unpaired) electrons. The molecule has 0 bridgehead atoms. The zero-order valence-electron chi connectivity index (χ0n) is 10.4. The minimum absolute atomic E-state index is 0.134. The van der Waals surface area contributed by atoms with Crippen molar-refractivity contribution in [2.75, 3.05) is 5.32 Å². The number of anilines is 1. The lowest BCUT2D eigenvalue weighted by molar-refractivity contribution is 0.100. The Kier molecular flexibility index (Phi) is 3.97. The Labute approximate surface area is 119 Å². The van der Waals surface area contributed by atoms with Gasteiger partial charge in [0.1, 0.15) is 5.69 Å². The normalized spacial score (nSPS) is 10.3. The lowest BCUT2D eigenvalue weighted by Crippen LogP contribution is -2.12. The number of rotatable bonds is 3. The number of halogens is 1. The van der Waals surface area contributed by atoms with Gasteiger partial charge < -0.3 is 0 Å². The largest absolute Gasteiger partial charge is 0.298 e. The molecule has 0 aliphatic heterocycles. The zero-order valence-corrected chi connectivity index (χ0v) is 11.9. The van der Waals surface area contributed by atoms with Crippen LogP contribution in [0.1, 0.15) is 33.3 Å². The molecule has 0 saturated carbocycles. The van der Waals surface area contributed by atoms with Crippen LogP contribution in [0.15, 0.2) is 23.6 Å². The van der Waals surface area contributed by atoms with E-state index in [0.717, 1.165) is 5.56 Å². The van der Waals surface area contributed by atoms with Crippen LogP contribution in [0.3, 0.4) is 0 Å². The maximum Gasteiger partial charge on any atom is 0.258 e. The lowest BCUT2D eigenvalue weighted by Gasteiger charge is -2.05. The number of ketones is 1. The van der Waals surface area contributed by atoms with Crippen LogP contribution < -0.4 is 5.32 Å². The number of aryl methyl sites for hydroxylation is 1. The molecule has 1 aromatic carbocycles. The van der Waals surface area contributed by atoms with Gasteiger partial charge in [0.05, 0.1) is 10.6 Å². The quantitative estimate of drug-likeness (QED) is 0.881. The number of thiazole rings is 1. The van der Waals surface area contributed by atoms with E-state index < -0.39 is 0 Å². The zero-order chi connectivity index (χ0) is 14.0. The number of hydrogen-bond acceptors (Lipinski definition) is 4. The van der Waals surface area contributed by atoms with E-state index in [1.54, 1.807) is 17.5 Å². The first-order chi connectivity index (χ1) is 8.99. The third kappa shape index (κ3) is 3.00. The summed E-state index contributed by atoms with van der Waals surface area (Å²) in [7, 11) is 0. The second-order valence-electron chi connectivity index (χ2n) is 3.98. The van der Waals surface area contributed by atoms with E-state index in [2.05, 4.69) is 10.3 Å². The second kappa shape index (κ2) is 5.50. The topological polar surface area (TPSA) is 59.1 Å². The number of hydrogen-bond donors (Lipinski definition) is 1. The number of amides is 1. The minimum atomic E-state index is -0.335. The fourth-order valence-electron chi connectivity index (χ4n) is 1.48. The van der Waals surface area contributed by atoms with Crippen molar-refractivity contribution >= 4 is 39.8 Å². The van der Waals surface area contributed by atoms with E-state index in [9.17, 15) is 9.59 Å². The van der Waals surface area contributed by atoms with Crippen LogP contribution in [0.5, 0.6) is 0 Å². The molecule has 2 rings (SSSR count). The molecule has 6 heteroatoms. The van der Waals surface area contributed by atoms with Crippen LogP contribution in [-0.2, 0) is 0 Å². The first kappa shape index (κ1) is 13.7. The summed E-state index contributed by atoms with van der Waals surface area (Å²) in [6.45, 7) is 3.26. The fraction of sp³-hybridized carbons (Fsp3) is 0.154. The van der Waals surface area contributed by atoms with Crippen LogP contribution in [0.2, 0.25) is 5.02 Å². The molecule has 0 atom stereocenters. The summed E-state index contributed by atoms with van der Waals surface area (Å²) in [4.78, 5) is 27.2. The van der Waals surface area contributed by atoms with Crippen LogP contribution in [0.4, 0.5) is 5.13 Å². The molecule has 0 aliphatic carbocycles. The lowest BCUT2D eigenvalue weighted by atomic mass is 10.1. The van der Waals surface area contributed by atoms with Crippen molar-refractivity contribution in [2.24, 2.45) is 0 Å². The van der Waals surface area contributed by atoms with Crippen LogP contribution in [-0.4, -0.2) is 16.7 Å². The molecule has 4 nitrogen and oxygen atoms in total. The van der Waals surface area contributed by atoms with Gasteiger partial charge in [0.2, 0.25) is 0 Å². The molecule has 0 saturated heterocycles. The van der Waals surface area contributed by atoms with Gasteiger partial charge in [0.25, 0.3) is 5.91 Å². The number of carbonyl (C=O) groups is 2. The summed E-state index contributed by atoms with van der Waals surface area (Å²) in [6, 6.07) is 5.24. The third-order valence-corrected chi connectivity index (χ3v) is 3.78. The van der Waals surface area contributed by atoms with E-state index in [4.69, 9.17) is 11.6 Å². The van der Waals surface area contributed by atoms with Crippen LogP contribution in [0, 0.1) is 6.92 Å². The molecule has 0 fully saturated rings. The maximum atomic E-state index is 12.1. The highest BCUT2D eigenvalue weighted by atomic mass is 35.5. The van der Waals surface area contributed by atoms with Gasteiger partial charge in [0.15, 0.2) is 10.9 Å². The van der Waals surface area contributed by atoms with E-state index >= 15 is 0 Å². The molecule has 0 spiro atoms. The summed E-state index contributed by atoms with van der Waals surface area (Å²) >= 11 is 7.28. The van der Waals surface area contributed by atoms with Gasteiger partial charge in [-0.1, -0.05) is 23.7 Å². The van der Waals surface area contributed by atoms with E-state index in [0.29, 0.717) is 21.4 Å². The molecular formula is C13H11ClN2O2S. The third-order valence-electron chi connectivity index (χ3n) is 2.52. The highest BCUT2D eigenvalue weighted by Gasteiger charge is 2.14. The van der Waals surface area contributed by atoms with Crippen molar-refractivity contribution in [1.29, 1.82) is 0 Å². The van der Waals surface area contributed by atoms with Gasteiger partial charge in [-0.05, 0) is 18.6 Å². The van der Waals surface area contributed by atoms with E-state index in [1.807, 2.05) is 13.0 Å². The van der Waals surface area contributed by atoms with Gasteiger partial charge >= 0.3 is 0 Å². The number of nitrogens with zero attached hydrogens (tertiary/aromatic N) is 1. The molecule has 19 heavy (non-hydrogen) atoms. The molecule has 1 N–H and O–H groups in total. The average molecular weight is 295 g/mol. The number of nitrogens with one attached hydrogen (secondary N) is 1. The Morgan fingerprint density at radius 2 is 2.11 bits per heavy atom. The number of carbonyl (C=O) groups excluding carboxylic acids is 2. The van der Waals surface area contributed by atoms with Crippen LogP contribution >= 0.6 is 22.9 Å². The Bertz CT molecular complexity index is 652. The van der Waals surface area contributed by atoms with E-state index in [-0.39, 0.29) is 11.7 Å². The summed E-state index contributed by atoms with van der Waals surface area (Å²) in [6.07, 6.45) is 0. The highest BCUT2D eigenvalue weighted by Crippen LogP contribution is 2.22. The van der Waals surface area contributed by atoms with Gasteiger partial charge in [-0.3, -0.25) is 14.9 Å². The van der Waals surface area contributed by atoms with Crippen molar-refractivity contribution in [3.63, 3.8) is 0 Å². The monoisotopic (exact) mass is 294 g/mol. The number of Topliss-reactive ketones (excluding diaryl/α,β-unsaturated/α-hetero) is 1. The second-order valence-corrected chi connectivity index (χ2v) is 5.22. The summed E-state index contributed by atoms with van der Waals surface area (Å²) in [5.74, 6) is -0.469. The van der Waals surface area contributed by atoms with Crippen molar-refractivity contribution in [1.82, 2.24) is 4.98 Å². The summed E-state index contributed by atoms with van der Waals surface area (Å²) in [5.41, 5.74) is 1.56. The predicted octanol–water partition coefficient (Wildman–Crippen LogP) is 3.56. The molecule has 0 aliphatic rings. The number of benzene rings is 1.